The second-order valence-corrected chi connectivity index (χ2v) is 4.26. The van der Waals surface area contributed by atoms with Gasteiger partial charge in [-0.3, -0.25) is 0 Å². The third-order valence-electron chi connectivity index (χ3n) is 2.53. The lowest BCUT2D eigenvalue weighted by atomic mass is 10.1. The van der Waals surface area contributed by atoms with Gasteiger partial charge in [-0.1, -0.05) is 24.3 Å². The Balaban J connectivity index is 2.19. The van der Waals surface area contributed by atoms with Gasteiger partial charge in [-0.25, -0.2) is 0 Å². The molecule has 0 fully saturated rings. The van der Waals surface area contributed by atoms with E-state index in [-0.39, 0.29) is 0 Å². The van der Waals surface area contributed by atoms with E-state index in [1.165, 1.54) is 11.1 Å². The van der Waals surface area contributed by atoms with Crippen LogP contribution in [0.3, 0.4) is 0 Å². The predicted octanol–water partition coefficient (Wildman–Crippen LogP) is 1.65. The Morgan fingerprint density at radius 2 is 1.94 bits per heavy atom. The molecule has 0 aliphatic carbocycles. The van der Waals surface area contributed by atoms with Crippen LogP contribution in [0.2, 0.25) is 0 Å². The van der Waals surface area contributed by atoms with Gasteiger partial charge < -0.3 is 15.4 Å². The standard InChI is InChI=1S/C13H20N2OS/c1-11-5-3-4-6-12(11)7-8-14-13(17)15-9-10-16-2/h3-6H,7-10H2,1-2H3,(H2,14,15,17). The molecule has 0 aliphatic rings. The SMILES string of the molecule is COCCNC(=S)NCCc1ccccc1C. The molecular weight excluding hydrogens is 232 g/mol. The Kier molecular flexibility index (Phi) is 6.58. The molecule has 0 aliphatic heterocycles. The van der Waals surface area contributed by atoms with Crippen LogP contribution in [0.15, 0.2) is 24.3 Å². The van der Waals surface area contributed by atoms with Crippen molar-refractivity contribution in [2.45, 2.75) is 13.3 Å². The summed E-state index contributed by atoms with van der Waals surface area (Å²) in [4.78, 5) is 0. The molecule has 0 heterocycles. The van der Waals surface area contributed by atoms with E-state index in [2.05, 4.69) is 41.8 Å². The maximum atomic E-state index is 5.14. The summed E-state index contributed by atoms with van der Waals surface area (Å²) in [5.41, 5.74) is 2.69. The lowest BCUT2D eigenvalue weighted by Gasteiger charge is -2.10. The lowest BCUT2D eigenvalue weighted by molar-refractivity contribution is 0.204. The average molecular weight is 252 g/mol. The van der Waals surface area contributed by atoms with Crippen molar-refractivity contribution in [3.63, 3.8) is 0 Å². The first-order chi connectivity index (χ1) is 8.24. The summed E-state index contributed by atoms with van der Waals surface area (Å²) in [6, 6.07) is 8.41. The number of ether oxygens (including phenoxy) is 1. The van der Waals surface area contributed by atoms with Crippen molar-refractivity contribution < 1.29 is 4.74 Å². The molecule has 2 N–H and O–H groups in total. The second-order valence-electron chi connectivity index (χ2n) is 3.85. The van der Waals surface area contributed by atoms with Crippen molar-refractivity contribution in [1.82, 2.24) is 10.6 Å². The largest absolute Gasteiger partial charge is 0.383 e. The molecule has 0 saturated heterocycles. The molecule has 0 saturated carbocycles. The van der Waals surface area contributed by atoms with E-state index >= 15 is 0 Å². The fourth-order valence-electron chi connectivity index (χ4n) is 1.53. The van der Waals surface area contributed by atoms with Crippen molar-refractivity contribution in [3.05, 3.63) is 35.4 Å². The van der Waals surface area contributed by atoms with Gasteiger partial charge >= 0.3 is 0 Å². The fraction of sp³-hybridized carbons (Fsp3) is 0.462. The molecule has 4 heteroatoms. The van der Waals surface area contributed by atoms with Gasteiger partial charge in [0.05, 0.1) is 6.61 Å². The summed E-state index contributed by atoms with van der Waals surface area (Å²) in [6.07, 6.45) is 0.985. The zero-order valence-electron chi connectivity index (χ0n) is 10.5. The second kappa shape index (κ2) is 8.03. The summed E-state index contributed by atoms with van der Waals surface area (Å²) in [7, 11) is 1.68. The van der Waals surface area contributed by atoms with Gasteiger partial charge in [0.25, 0.3) is 0 Å². The van der Waals surface area contributed by atoms with Crippen LogP contribution in [-0.2, 0) is 11.2 Å². The van der Waals surface area contributed by atoms with Crippen molar-refractivity contribution in [2.24, 2.45) is 0 Å². The van der Waals surface area contributed by atoms with Gasteiger partial charge in [0.2, 0.25) is 0 Å². The number of rotatable bonds is 6. The Labute approximate surface area is 109 Å². The molecule has 0 aromatic heterocycles. The Morgan fingerprint density at radius 3 is 2.65 bits per heavy atom. The first-order valence-electron chi connectivity index (χ1n) is 5.79. The minimum absolute atomic E-state index is 0.666. The van der Waals surface area contributed by atoms with E-state index in [9.17, 15) is 0 Å². The molecule has 0 spiro atoms. The molecule has 17 heavy (non-hydrogen) atoms. The van der Waals surface area contributed by atoms with Crippen LogP contribution >= 0.6 is 12.2 Å². The highest BCUT2D eigenvalue weighted by Crippen LogP contribution is 2.06. The van der Waals surface area contributed by atoms with E-state index in [0.717, 1.165) is 19.5 Å². The zero-order valence-corrected chi connectivity index (χ0v) is 11.3. The molecule has 0 unspecified atom stereocenters. The van der Waals surface area contributed by atoms with Crippen LogP contribution in [0.25, 0.3) is 0 Å². The van der Waals surface area contributed by atoms with Crippen LogP contribution in [0.5, 0.6) is 0 Å². The highest BCUT2D eigenvalue weighted by molar-refractivity contribution is 7.80. The van der Waals surface area contributed by atoms with Crippen LogP contribution in [0.4, 0.5) is 0 Å². The number of benzene rings is 1. The Morgan fingerprint density at radius 1 is 1.24 bits per heavy atom. The Bertz CT molecular complexity index is 355. The topological polar surface area (TPSA) is 33.3 Å². The van der Waals surface area contributed by atoms with E-state index in [4.69, 9.17) is 17.0 Å². The first-order valence-corrected chi connectivity index (χ1v) is 6.20. The quantitative estimate of drug-likeness (QED) is 0.596. The van der Waals surface area contributed by atoms with E-state index < -0.39 is 0 Å². The maximum Gasteiger partial charge on any atom is 0.166 e. The number of aryl methyl sites for hydroxylation is 1. The summed E-state index contributed by atoms with van der Waals surface area (Å²) in [5, 5.41) is 6.95. The molecular formula is C13H20N2OS. The number of hydrogen-bond donors (Lipinski definition) is 2. The molecule has 0 amide bonds. The van der Waals surface area contributed by atoms with Crippen molar-refractivity contribution >= 4 is 17.3 Å². The molecule has 3 nitrogen and oxygen atoms in total. The van der Waals surface area contributed by atoms with Crippen LogP contribution in [-0.4, -0.2) is 31.9 Å². The molecule has 1 aromatic carbocycles. The molecule has 0 atom stereocenters. The van der Waals surface area contributed by atoms with E-state index in [0.29, 0.717) is 11.7 Å². The lowest BCUT2D eigenvalue weighted by Crippen LogP contribution is -2.37. The summed E-state index contributed by atoms with van der Waals surface area (Å²) in [6.45, 7) is 4.39. The molecule has 1 rings (SSSR count). The highest BCUT2D eigenvalue weighted by atomic mass is 32.1. The van der Waals surface area contributed by atoms with Gasteiger partial charge in [0, 0.05) is 20.2 Å². The molecule has 1 aromatic rings. The molecule has 94 valence electrons. The van der Waals surface area contributed by atoms with Crippen LogP contribution in [0.1, 0.15) is 11.1 Å². The van der Waals surface area contributed by atoms with Crippen LogP contribution < -0.4 is 10.6 Å². The molecule has 0 radical (unpaired) electrons. The smallest absolute Gasteiger partial charge is 0.166 e. The zero-order chi connectivity index (χ0) is 12.5. The monoisotopic (exact) mass is 252 g/mol. The van der Waals surface area contributed by atoms with Crippen molar-refractivity contribution in [2.75, 3.05) is 26.8 Å². The summed E-state index contributed by atoms with van der Waals surface area (Å²) < 4.78 is 4.93. The summed E-state index contributed by atoms with van der Waals surface area (Å²) in [5.74, 6) is 0. The van der Waals surface area contributed by atoms with Crippen molar-refractivity contribution in [1.29, 1.82) is 0 Å². The third kappa shape index (κ3) is 5.65. The van der Waals surface area contributed by atoms with Gasteiger partial charge in [-0.05, 0) is 36.7 Å². The van der Waals surface area contributed by atoms with Gasteiger partial charge in [0.15, 0.2) is 5.11 Å². The molecule has 0 bridgehead atoms. The normalized spacial score (nSPS) is 10.0. The third-order valence-corrected chi connectivity index (χ3v) is 2.82. The van der Waals surface area contributed by atoms with E-state index in [1.807, 2.05) is 0 Å². The average Bonchev–Trinajstić information content (AvgIpc) is 2.32. The summed E-state index contributed by atoms with van der Waals surface area (Å²) >= 11 is 5.14. The predicted molar refractivity (Wildman–Crippen MR) is 75.4 cm³/mol. The van der Waals surface area contributed by atoms with Gasteiger partial charge in [-0.2, -0.15) is 0 Å². The van der Waals surface area contributed by atoms with Crippen molar-refractivity contribution in [3.8, 4) is 0 Å². The first kappa shape index (κ1) is 13.9. The fourth-order valence-corrected chi connectivity index (χ4v) is 1.73. The minimum atomic E-state index is 0.666. The minimum Gasteiger partial charge on any atom is -0.383 e. The Hall–Kier alpha value is -1.13. The van der Waals surface area contributed by atoms with Gasteiger partial charge in [-0.15, -0.1) is 0 Å². The van der Waals surface area contributed by atoms with Gasteiger partial charge in [0.1, 0.15) is 0 Å². The highest BCUT2D eigenvalue weighted by Gasteiger charge is 1.98. The number of hydrogen-bond acceptors (Lipinski definition) is 2. The van der Waals surface area contributed by atoms with Crippen LogP contribution in [0, 0.1) is 6.92 Å². The maximum absolute atomic E-state index is 5.14. The van der Waals surface area contributed by atoms with E-state index in [1.54, 1.807) is 7.11 Å². The number of thiocarbonyl (C=S) groups is 1. The number of nitrogens with one attached hydrogen (secondary N) is 2. The number of methoxy groups -OCH3 is 1.